The van der Waals surface area contributed by atoms with Crippen LogP contribution in [0.1, 0.15) is 32.5 Å². The number of nitrogens with one attached hydrogen (secondary N) is 2. The van der Waals surface area contributed by atoms with Gasteiger partial charge in [0.1, 0.15) is 11.6 Å². The predicted molar refractivity (Wildman–Crippen MR) is 75.4 cm³/mol. The minimum atomic E-state index is -4.56. The molecular formula is C13H21F3N4O. The number of halogens is 3. The van der Waals surface area contributed by atoms with Gasteiger partial charge in [0.25, 0.3) is 0 Å². The fourth-order valence-corrected chi connectivity index (χ4v) is 1.56. The van der Waals surface area contributed by atoms with Crippen molar-refractivity contribution in [1.82, 2.24) is 9.97 Å². The molecule has 1 aromatic heterocycles. The molecule has 120 valence electrons. The van der Waals surface area contributed by atoms with E-state index in [0.717, 1.165) is 12.8 Å². The lowest BCUT2D eigenvalue weighted by molar-refractivity contribution is -0.144. The van der Waals surface area contributed by atoms with E-state index < -0.39 is 12.0 Å². The molecule has 0 aromatic carbocycles. The molecule has 0 bridgehead atoms. The van der Waals surface area contributed by atoms with Crippen molar-refractivity contribution in [2.24, 2.45) is 0 Å². The molecule has 0 saturated carbocycles. The summed E-state index contributed by atoms with van der Waals surface area (Å²) in [5.74, 6) is -0.866. The molecule has 8 heteroatoms. The number of unbranched alkanes of at least 4 members (excludes halogenated alkanes) is 1. The van der Waals surface area contributed by atoms with Crippen LogP contribution in [0.15, 0.2) is 6.07 Å². The van der Waals surface area contributed by atoms with E-state index in [9.17, 15) is 13.2 Å². The van der Waals surface area contributed by atoms with Crippen LogP contribution in [-0.2, 0) is 10.9 Å². The third-order valence-electron chi connectivity index (χ3n) is 2.56. The van der Waals surface area contributed by atoms with Crippen molar-refractivity contribution in [3.8, 4) is 0 Å². The van der Waals surface area contributed by atoms with E-state index in [1.54, 1.807) is 0 Å². The van der Waals surface area contributed by atoms with Crippen LogP contribution in [0, 0.1) is 0 Å². The Morgan fingerprint density at radius 2 is 1.86 bits per heavy atom. The van der Waals surface area contributed by atoms with E-state index in [-0.39, 0.29) is 17.7 Å². The topological polar surface area (TPSA) is 59.1 Å². The molecule has 5 nitrogen and oxygen atoms in total. The van der Waals surface area contributed by atoms with E-state index in [0.29, 0.717) is 13.2 Å². The van der Waals surface area contributed by atoms with Crippen molar-refractivity contribution >= 4 is 11.6 Å². The molecule has 1 rings (SSSR count). The number of ether oxygens (including phenoxy) is 1. The highest BCUT2D eigenvalue weighted by molar-refractivity contribution is 5.47. The normalized spacial score (nSPS) is 11.8. The Labute approximate surface area is 122 Å². The number of alkyl halides is 3. The molecule has 0 aliphatic rings. The van der Waals surface area contributed by atoms with Gasteiger partial charge in [0.05, 0.1) is 6.10 Å². The van der Waals surface area contributed by atoms with Gasteiger partial charge in [-0.1, -0.05) is 0 Å². The Kier molecular flexibility index (Phi) is 6.67. The second kappa shape index (κ2) is 8.02. The highest BCUT2D eigenvalue weighted by Gasteiger charge is 2.35. The van der Waals surface area contributed by atoms with E-state index in [1.165, 1.54) is 13.1 Å². The lowest BCUT2D eigenvalue weighted by Crippen LogP contribution is -2.15. The fraction of sp³-hybridized carbons (Fsp3) is 0.692. The maximum Gasteiger partial charge on any atom is 0.451 e. The summed E-state index contributed by atoms with van der Waals surface area (Å²) in [4.78, 5) is 6.87. The van der Waals surface area contributed by atoms with Gasteiger partial charge < -0.3 is 15.4 Å². The molecule has 0 aliphatic carbocycles. The molecule has 1 aromatic rings. The predicted octanol–water partition coefficient (Wildman–Crippen LogP) is 3.15. The van der Waals surface area contributed by atoms with Crippen molar-refractivity contribution < 1.29 is 17.9 Å². The van der Waals surface area contributed by atoms with Crippen LogP contribution >= 0.6 is 0 Å². The Morgan fingerprint density at radius 3 is 2.43 bits per heavy atom. The van der Waals surface area contributed by atoms with Crippen LogP contribution in [0.4, 0.5) is 24.8 Å². The fourth-order valence-electron chi connectivity index (χ4n) is 1.56. The van der Waals surface area contributed by atoms with Crippen LogP contribution in [0.5, 0.6) is 0 Å². The molecule has 0 aliphatic heterocycles. The molecule has 0 radical (unpaired) electrons. The van der Waals surface area contributed by atoms with Gasteiger partial charge in [-0.3, -0.25) is 0 Å². The second-order valence-electron chi connectivity index (χ2n) is 4.76. The Hall–Kier alpha value is -1.57. The Bertz CT molecular complexity index is 438. The largest absolute Gasteiger partial charge is 0.451 e. The van der Waals surface area contributed by atoms with E-state index in [1.807, 2.05) is 13.8 Å². The van der Waals surface area contributed by atoms with Crippen LogP contribution in [0.2, 0.25) is 0 Å². The van der Waals surface area contributed by atoms with Crippen molar-refractivity contribution in [1.29, 1.82) is 0 Å². The van der Waals surface area contributed by atoms with Crippen molar-refractivity contribution in [3.05, 3.63) is 11.9 Å². The monoisotopic (exact) mass is 306 g/mol. The molecule has 21 heavy (non-hydrogen) atoms. The molecule has 0 atom stereocenters. The first-order chi connectivity index (χ1) is 9.82. The van der Waals surface area contributed by atoms with E-state index in [4.69, 9.17) is 4.74 Å². The number of anilines is 2. The first-order valence-electron chi connectivity index (χ1n) is 6.82. The summed E-state index contributed by atoms with van der Waals surface area (Å²) < 4.78 is 43.3. The molecule has 0 saturated heterocycles. The molecule has 2 N–H and O–H groups in total. The number of hydrogen-bond acceptors (Lipinski definition) is 5. The summed E-state index contributed by atoms with van der Waals surface area (Å²) in [7, 11) is 1.51. The third kappa shape index (κ3) is 6.61. The van der Waals surface area contributed by atoms with Crippen molar-refractivity contribution in [2.75, 3.05) is 30.8 Å². The average molecular weight is 306 g/mol. The Morgan fingerprint density at radius 1 is 1.19 bits per heavy atom. The summed E-state index contributed by atoms with van der Waals surface area (Å²) in [6.07, 6.45) is -2.75. The standard InChI is InChI=1S/C13H21F3N4O/c1-9(2)21-7-5-4-6-18-11-8-10(17-3)19-12(20-11)13(14,15)16/h8-9H,4-7H2,1-3H3,(H2,17,18,19,20). The molecule has 0 unspecified atom stereocenters. The number of hydrogen-bond donors (Lipinski definition) is 2. The minimum Gasteiger partial charge on any atom is -0.379 e. The lowest BCUT2D eigenvalue weighted by Gasteiger charge is -2.11. The van der Waals surface area contributed by atoms with Gasteiger partial charge in [-0.15, -0.1) is 0 Å². The number of rotatable bonds is 8. The number of nitrogens with zero attached hydrogens (tertiary/aromatic N) is 2. The highest BCUT2D eigenvalue weighted by atomic mass is 19.4. The SMILES string of the molecule is CNc1cc(NCCCCOC(C)C)nc(C(F)(F)F)n1. The quantitative estimate of drug-likeness (QED) is 0.723. The van der Waals surface area contributed by atoms with E-state index in [2.05, 4.69) is 20.6 Å². The summed E-state index contributed by atoms with van der Waals surface area (Å²) in [5.41, 5.74) is 0. The minimum absolute atomic E-state index is 0.128. The zero-order valence-corrected chi connectivity index (χ0v) is 12.4. The lowest BCUT2D eigenvalue weighted by atomic mass is 10.3. The summed E-state index contributed by atoms with van der Waals surface area (Å²) in [6, 6.07) is 1.44. The van der Waals surface area contributed by atoms with Crippen molar-refractivity contribution in [2.45, 2.75) is 39.0 Å². The molecule has 0 fully saturated rings. The van der Waals surface area contributed by atoms with Gasteiger partial charge >= 0.3 is 6.18 Å². The van der Waals surface area contributed by atoms with Gasteiger partial charge in [0.15, 0.2) is 0 Å². The first kappa shape index (κ1) is 17.5. The Balaban J connectivity index is 2.51. The summed E-state index contributed by atoms with van der Waals surface area (Å²) in [6.45, 7) is 5.08. The van der Waals surface area contributed by atoms with Gasteiger partial charge in [-0.25, -0.2) is 9.97 Å². The third-order valence-corrected chi connectivity index (χ3v) is 2.56. The molecule has 0 amide bonds. The van der Waals surface area contributed by atoms with E-state index >= 15 is 0 Å². The number of aromatic nitrogens is 2. The summed E-state index contributed by atoms with van der Waals surface area (Å²) >= 11 is 0. The van der Waals surface area contributed by atoms with Crippen LogP contribution < -0.4 is 10.6 Å². The van der Waals surface area contributed by atoms with Crippen molar-refractivity contribution in [3.63, 3.8) is 0 Å². The van der Waals surface area contributed by atoms with Gasteiger partial charge in [0.2, 0.25) is 5.82 Å². The zero-order valence-electron chi connectivity index (χ0n) is 12.4. The molecule has 0 spiro atoms. The average Bonchev–Trinajstić information content (AvgIpc) is 2.41. The molecular weight excluding hydrogens is 285 g/mol. The first-order valence-corrected chi connectivity index (χ1v) is 6.82. The zero-order chi connectivity index (χ0) is 15.9. The van der Waals surface area contributed by atoms with Gasteiger partial charge in [-0.05, 0) is 26.7 Å². The van der Waals surface area contributed by atoms with Crippen LogP contribution in [-0.4, -0.2) is 36.3 Å². The molecule has 1 heterocycles. The summed E-state index contributed by atoms with van der Waals surface area (Å²) in [5, 5.41) is 5.47. The maximum absolute atomic E-state index is 12.7. The second-order valence-corrected chi connectivity index (χ2v) is 4.76. The van der Waals surface area contributed by atoms with Gasteiger partial charge in [-0.2, -0.15) is 13.2 Å². The van der Waals surface area contributed by atoms with Gasteiger partial charge in [0, 0.05) is 26.3 Å². The smallest absolute Gasteiger partial charge is 0.379 e. The maximum atomic E-state index is 12.7. The van der Waals surface area contributed by atoms with Crippen LogP contribution in [0.25, 0.3) is 0 Å². The highest BCUT2D eigenvalue weighted by Crippen LogP contribution is 2.28. The van der Waals surface area contributed by atoms with Crippen LogP contribution in [0.3, 0.4) is 0 Å².